The summed E-state index contributed by atoms with van der Waals surface area (Å²) in [6.45, 7) is 1.57. The number of carboxylic acids is 2. The van der Waals surface area contributed by atoms with Gasteiger partial charge < -0.3 is 60.4 Å². The van der Waals surface area contributed by atoms with Crippen LogP contribution in [0.4, 0.5) is 0 Å². The Bertz CT molecular complexity index is 1080. The summed E-state index contributed by atoms with van der Waals surface area (Å²) in [5.74, 6) is -7.36. The van der Waals surface area contributed by atoms with Crippen molar-refractivity contribution in [2.75, 3.05) is 40.1 Å². The topological polar surface area (TPSA) is 307 Å². The van der Waals surface area contributed by atoms with Gasteiger partial charge in [0.2, 0.25) is 23.8 Å². The summed E-state index contributed by atoms with van der Waals surface area (Å²) >= 11 is 0.287. The van der Waals surface area contributed by atoms with Crippen molar-refractivity contribution >= 4 is 42.0 Å². The molecule has 0 radical (unpaired) electrons. The molecule has 10 atom stereocenters. The maximum Gasteiger partial charge on any atom is 0.338 e. The number of carbonyl (C=O) groups is 5. The molecule has 0 saturated carbocycles. The lowest BCUT2D eigenvalue weighted by Gasteiger charge is -2.46. The summed E-state index contributed by atoms with van der Waals surface area (Å²) in [5, 5.41) is 68.1. The number of ether oxygens (including phenoxy) is 4. The van der Waals surface area contributed by atoms with Crippen LogP contribution in [0.3, 0.4) is 0 Å². The molecule has 9 N–H and O–H groups in total. The second-order valence-electron chi connectivity index (χ2n) is 11.3. The third kappa shape index (κ3) is 12.5. The summed E-state index contributed by atoms with van der Waals surface area (Å²) < 4.78 is 32.6. The SMILES string of the molecule is CC[C@@H]1C(C(=O)NCC(=O)NC(C(=O)O)C(=O)O)O[C@@H](COCCC[C@H]2C(NC(C)=O)[C@H](COC)OC(CO)[C@@H]2OSOOO)C(O)[C@@H]1O. The highest BCUT2D eigenvalue weighted by molar-refractivity contribution is 7.89. The normalized spacial score (nSPS) is 30.0. The van der Waals surface area contributed by atoms with Gasteiger partial charge in [0.25, 0.3) is 0 Å². The molecule has 2 aliphatic heterocycles. The minimum Gasteiger partial charge on any atom is -0.479 e. The maximum atomic E-state index is 12.9. The van der Waals surface area contributed by atoms with Gasteiger partial charge in [0, 0.05) is 32.5 Å². The third-order valence-electron chi connectivity index (χ3n) is 8.03. The molecule has 0 aromatic rings. The number of methoxy groups -OCH3 is 1. The number of hydrogen-bond donors (Lipinski definition) is 9. The number of aliphatic hydroxyl groups excluding tert-OH is 3. The molecule has 0 spiro atoms. The molecule has 0 bridgehead atoms. The van der Waals surface area contributed by atoms with E-state index in [9.17, 15) is 39.3 Å². The molecule has 3 amide bonds. The first-order valence-corrected chi connectivity index (χ1v) is 15.9. The minimum absolute atomic E-state index is 0.0598. The second kappa shape index (κ2) is 21.5. The van der Waals surface area contributed by atoms with E-state index in [4.69, 9.17) is 38.6 Å². The molecule has 49 heavy (non-hydrogen) atoms. The van der Waals surface area contributed by atoms with Gasteiger partial charge in [-0.05, 0) is 19.3 Å². The lowest BCUT2D eigenvalue weighted by atomic mass is 9.81. The quantitative estimate of drug-likeness (QED) is 0.0186. The maximum absolute atomic E-state index is 12.9. The second-order valence-corrected chi connectivity index (χ2v) is 11.7. The van der Waals surface area contributed by atoms with Crippen LogP contribution in [0.15, 0.2) is 0 Å². The van der Waals surface area contributed by atoms with E-state index in [-0.39, 0.29) is 44.5 Å². The van der Waals surface area contributed by atoms with Crippen LogP contribution in [-0.4, -0.2) is 155 Å². The molecule has 0 aromatic heterocycles. The Kier molecular flexibility index (Phi) is 18.6. The Morgan fingerprint density at radius 3 is 2.22 bits per heavy atom. The summed E-state index contributed by atoms with van der Waals surface area (Å²) in [5.41, 5.74) is 0. The Morgan fingerprint density at radius 1 is 0.959 bits per heavy atom. The number of carboxylic acid groups (broad SMARTS) is 2. The fraction of sp³-hybridized carbons (Fsp3) is 0.815. The average Bonchev–Trinajstić information content (AvgIpc) is 3.05. The Balaban J connectivity index is 2.04. The largest absolute Gasteiger partial charge is 0.479 e. The van der Waals surface area contributed by atoms with E-state index in [2.05, 4.69) is 20.0 Å². The lowest BCUT2D eigenvalue weighted by molar-refractivity contribution is -0.434. The molecule has 0 aromatic carbocycles. The van der Waals surface area contributed by atoms with Crippen molar-refractivity contribution in [2.24, 2.45) is 11.8 Å². The van der Waals surface area contributed by atoms with Crippen molar-refractivity contribution < 1.29 is 87.3 Å². The summed E-state index contributed by atoms with van der Waals surface area (Å²) in [6.07, 6.45) is -6.99. The number of amides is 3. The number of aliphatic hydroxyl groups is 3. The molecule has 4 unspecified atom stereocenters. The number of aliphatic carboxylic acids is 2. The fourth-order valence-electron chi connectivity index (χ4n) is 5.78. The first-order valence-electron chi connectivity index (χ1n) is 15.3. The van der Waals surface area contributed by atoms with Gasteiger partial charge in [0.15, 0.2) is 12.3 Å². The molecule has 21 nitrogen and oxygen atoms in total. The van der Waals surface area contributed by atoms with Gasteiger partial charge in [-0.2, -0.15) is 0 Å². The van der Waals surface area contributed by atoms with Crippen LogP contribution in [0.2, 0.25) is 0 Å². The van der Waals surface area contributed by atoms with Crippen molar-refractivity contribution in [3.63, 3.8) is 0 Å². The predicted molar refractivity (Wildman–Crippen MR) is 161 cm³/mol. The van der Waals surface area contributed by atoms with Crippen LogP contribution < -0.4 is 16.0 Å². The number of rotatable bonds is 21. The van der Waals surface area contributed by atoms with Gasteiger partial charge in [0.05, 0.1) is 38.5 Å². The molecule has 2 heterocycles. The van der Waals surface area contributed by atoms with Gasteiger partial charge in [-0.25, -0.2) is 14.8 Å². The zero-order valence-corrected chi connectivity index (χ0v) is 27.8. The highest BCUT2D eigenvalue weighted by Gasteiger charge is 2.48. The van der Waals surface area contributed by atoms with Crippen LogP contribution in [0.5, 0.6) is 0 Å². The minimum atomic E-state index is -2.23. The van der Waals surface area contributed by atoms with Crippen LogP contribution in [-0.2, 0) is 56.5 Å². The zero-order valence-electron chi connectivity index (χ0n) is 27.0. The van der Waals surface area contributed by atoms with Gasteiger partial charge in [0.1, 0.15) is 36.6 Å². The monoisotopic (exact) mass is 731 g/mol. The Morgan fingerprint density at radius 2 is 1.65 bits per heavy atom. The van der Waals surface area contributed by atoms with E-state index in [1.54, 1.807) is 12.2 Å². The van der Waals surface area contributed by atoms with Crippen molar-refractivity contribution in [2.45, 2.75) is 87.9 Å². The first-order chi connectivity index (χ1) is 23.3. The molecule has 2 saturated heterocycles. The van der Waals surface area contributed by atoms with Crippen LogP contribution in [0.1, 0.15) is 33.1 Å². The number of hydrogen-bond acceptors (Lipinski definition) is 17. The highest BCUT2D eigenvalue weighted by atomic mass is 32.2. The first kappa shape index (κ1) is 42.4. The van der Waals surface area contributed by atoms with E-state index in [1.165, 1.54) is 14.0 Å². The van der Waals surface area contributed by atoms with Crippen LogP contribution in [0, 0.1) is 11.8 Å². The summed E-state index contributed by atoms with van der Waals surface area (Å²) in [6, 6.07) is -2.87. The molecule has 282 valence electrons. The van der Waals surface area contributed by atoms with E-state index < -0.39 is 104 Å². The van der Waals surface area contributed by atoms with E-state index in [1.807, 2.05) is 0 Å². The molecule has 2 fully saturated rings. The molecule has 2 aliphatic rings. The molecule has 2 rings (SSSR count). The van der Waals surface area contributed by atoms with Gasteiger partial charge >= 0.3 is 11.9 Å². The predicted octanol–water partition coefficient (Wildman–Crippen LogP) is -3.03. The van der Waals surface area contributed by atoms with Gasteiger partial charge in [-0.1, -0.05) is 12.0 Å². The van der Waals surface area contributed by atoms with Crippen molar-refractivity contribution in [3.05, 3.63) is 0 Å². The lowest BCUT2D eigenvalue weighted by Crippen LogP contribution is -2.62. The van der Waals surface area contributed by atoms with E-state index in [0.717, 1.165) is 0 Å². The van der Waals surface area contributed by atoms with Crippen LogP contribution >= 0.6 is 12.3 Å². The number of nitrogens with one attached hydrogen (secondary N) is 3. The average molecular weight is 732 g/mol. The number of carbonyl (C=O) groups excluding carboxylic acids is 3. The molecular weight excluding hydrogens is 686 g/mol. The Labute approximate surface area is 285 Å². The standard InChI is InChI=1S/C27H45N3O18S/c1-4-13-21(34)22(35)17(45-24(13)25(36)28-8-18(33)30-20(26(37)38)27(39)40)11-43-7-5-6-14-19(29-12(2)32)16(10-42-3)44-15(9-31)23(14)46-49-48-47-41/h13-17,19-24,31,34-35,41H,4-11H2,1-3H3,(H,28,36)(H,29,32)(H,30,33)(H,37,38)(H,39,40)/t13-,14-,15?,16-,17-,19?,21+,22?,23+,24?/m0/s1. The summed E-state index contributed by atoms with van der Waals surface area (Å²) in [4.78, 5) is 59.1. The zero-order chi connectivity index (χ0) is 36.7. The Hall–Kier alpha value is -2.74. The fourth-order valence-corrected chi connectivity index (χ4v) is 6.20. The van der Waals surface area contributed by atoms with Gasteiger partial charge in [-0.3, -0.25) is 18.6 Å². The van der Waals surface area contributed by atoms with Crippen LogP contribution in [0.25, 0.3) is 0 Å². The van der Waals surface area contributed by atoms with E-state index >= 15 is 0 Å². The van der Waals surface area contributed by atoms with Gasteiger partial charge in [-0.15, -0.1) is 4.33 Å². The summed E-state index contributed by atoms with van der Waals surface area (Å²) in [7, 11) is 1.45. The van der Waals surface area contributed by atoms with Crippen molar-refractivity contribution in [1.29, 1.82) is 0 Å². The molecule has 0 aliphatic carbocycles. The van der Waals surface area contributed by atoms with Crippen molar-refractivity contribution in [1.82, 2.24) is 16.0 Å². The van der Waals surface area contributed by atoms with E-state index in [0.29, 0.717) is 12.8 Å². The third-order valence-corrected chi connectivity index (χ3v) is 8.45. The molecular formula is C27H45N3O18S. The smallest absolute Gasteiger partial charge is 0.338 e. The van der Waals surface area contributed by atoms with Crippen molar-refractivity contribution in [3.8, 4) is 0 Å². The highest BCUT2D eigenvalue weighted by Crippen LogP contribution is 2.35. The molecule has 22 heteroatoms.